The predicted molar refractivity (Wildman–Crippen MR) is 116 cm³/mol. The molecule has 0 saturated heterocycles. The van der Waals surface area contributed by atoms with Crippen LogP contribution in [0.1, 0.15) is 64.2 Å². The summed E-state index contributed by atoms with van der Waals surface area (Å²) in [6, 6.07) is 9.02. The van der Waals surface area contributed by atoms with E-state index in [1.54, 1.807) is 32.4 Å². The standard InChI is InChI=1S/C25H30O5/c1-15-12-23(29-3)16(2)25(30-4)20(15)14-22(27)24(28)18-9-7-8-17(13-18)19-10-5-6-11-21(19)26/h7-9,12-13,19,21,26H,5-6,10-11,14H2,1-4H3/t19-,21+/m0/s1. The monoisotopic (exact) mass is 410 g/mol. The van der Waals surface area contributed by atoms with Crippen molar-refractivity contribution in [2.75, 3.05) is 14.2 Å². The predicted octanol–water partition coefficient (Wildman–Crippen LogP) is 4.33. The third kappa shape index (κ3) is 4.41. The van der Waals surface area contributed by atoms with Gasteiger partial charge in [-0.05, 0) is 49.9 Å². The van der Waals surface area contributed by atoms with Crippen molar-refractivity contribution in [3.63, 3.8) is 0 Å². The summed E-state index contributed by atoms with van der Waals surface area (Å²) in [5.74, 6) is 0.283. The summed E-state index contributed by atoms with van der Waals surface area (Å²) in [7, 11) is 3.14. The lowest BCUT2D eigenvalue weighted by Crippen LogP contribution is -2.23. The first kappa shape index (κ1) is 22.0. The lowest BCUT2D eigenvalue weighted by atomic mass is 9.81. The van der Waals surface area contributed by atoms with E-state index in [1.807, 2.05) is 26.0 Å². The molecule has 0 radical (unpaired) electrons. The van der Waals surface area contributed by atoms with Gasteiger partial charge in [0.05, 0.1) is 20.3 Å². The SMILES string of the molecule is COc1cc(C)c(CC(=O)C(=O)c2cccc([C@@H]3CCCC[C@H]3O)c2)c(OC)c1C. The molecule has 160 valence electrons. The highest BCUT2D eigenvalue weighted by Gasteiger charge is 2.26. The molecule has 2 aromatic carbocycles. The van der Waals surface area contributed by atoms with Crippen molar-refractivity contribution < 1.29 is 24.2 Å². The lowest BCUT2D eigenvalue weighted by molar-refractivity contribution is -0.114. The van der Waals surface area contributed by atoms with Crippen molar-refractivity contribution in [1.82, 2.24) is 0 Å². The second-order valence-corrected chi connectivity index (χ2v) is 8.05. The maximum atomic E-state index is 12.9. The van der Waals surface area contributed by atoms with Crippen LogP contribution in [0.15, 0.2) is 30.3 Å². The zero-order chi connectivity index (χ0) is 21.8. The van der Waals surface area contributed by atoms with Crippen molar-refractivity contribution in [2.45, 2.75) is 58.0 Å². The Morgan fingerprint density at radius 3 is 2.47 bits per heavy atom. The quantitative estimate of drug-likeness (QED) is 0.543. The molecule has 5 heteroatoms. The van der Waals surface area contributed by atoms with Gasteiger partial charge in [0.25, 0.3) is 0 Å². The normalized spacial score (nSPS) is 18.7. The van der Waals surface area contributed by atoms with Crippen LogP contribution >= 0.6 is 0 Å². The van der Waals surface area contributed by atoms with E-state index in [9.17, 15) is 14.7 Å². The molecule has 30 heavy (non-hydrogen) atoms. The van der Waals surface area contributed by atoms with E-state index >= 15 is 0 Å². The Labute approximate surface area is 178 Å². The third-order valence-electron chi connectivity index (χ3n) is 6.13. The van der Waals surface area contributed by atoms with Crippen LogP contribution in [0.25, 0.3) is 0 Å². The zero-order valence-electron chi connectivity index (χ0n) is 18.2. The van der Waals surface area contributed by atoms with Gasteiger partial charge in [0, 0.05) is 29.0 Å². The molecule has 2 aromatic rings. The maximum absolute atomic E-state index is 12.9. The van der Waals surface area contributed by atoms with E-state index < -0.39 is 17.7 Å². The second kappa shape index (κ2) is 9.43. The molecule has 0 spiro atoms. The van der Waals surface area contributed by atoms with E-state index in [-0.39, 0.29) is 12.3 Å². The first-order chi connectivity index (χ1) is 14.4. The average molecular weight is 411 g/mol. The highest BCUT2D eigenvalue weighted by atomic mass is 16.5. The second-order valence-electron chi connectivity index (χ2n) is 8.05. The average Bonchev–Trinajstić information content (AvgIpc) is 2.76. The van der Waals surface area contributed by atoms with Gasteiger partial charge in [0.15, 0.2) is 0 Å². The number of ketones is 2. The van der Waals surface area contributed by atoms with E-state index in [2.05, 4.69) is 0 Å². The smallest absolute Gasteiger partial charge is 0.228 e. The number of hydrogen-bond donors (Lipinski definition) is 1. The molecule has 3 rings (SSSR count). The lowest BCUT2D eigenvalue weighted by Gasteiger charge is -2.28. The van der Waals surface area contributed by atoms with Crippen molar-refractivity contribution in [2.24, 2.45) is 0 Å². The summed E-state index contributed by atoms with van der Waals surface area (Å²) >= 11 is 0. The van der Waals surface area contributed by atoms with Gasteiger partial charge in [-0.3, -0.25) is 9.59 Å². The van der Waals surface area contributed by atoms with Crippen molar-refractivity contribution in [3.05, 3.63) is 58.1 Å². The minimum absolute atomic E-state index is 0.0215. The molecule has 0 aromatic heterocycles. The van der Waals surface area contributed by atoms with Crippen LogP contribution in [-0.4, -0.2) is 37.0 Å². The fourth-order valence-corrected chi connectivity index (χ4v) is 4.43. The van der Waals surface area contributed by atoms with Crippen LogP contribution in [0.3, 0.4) is 0 Å². The first-order valence-corrected chi connectivity index (χ1v) is 10.4. The van der Waals surface area contributed by atoms with Gasteiger partial charge in [0.1, 0.15) is 11.5 Å². The van der Waals surface area contributed by atoms with E-state index in [4.69, 9.17) is 9.47 Å². The highest BCUT2D eigenvalue weighted by molar-refractivity contribution is 6.44. The number of ether oxygens (including phenoxy) is 2. The van der Waals surface area contributed by atoms with Crippen LogP contribution in [0, 0.1) is 13.8 Å². The molecule has 0 aliphatic heterocycles. The molecule has 1 saturated carbocycles. The van der Waals surface area contributed by atoms with Gasteiger partial charge in [-0.25, -0.2) is 0 Å². The molecular formula is C25H30O5. The number of benzene rings is 2. The largest absolute Gasteiger partial charge is 0.496 e. The van der Waals surface area contributed by atoms with E-state index in [0.717, 1.165) is 42.4 Å². The van der Waals surface area contributed by atoms with Crippen molar-refractivity contribution >= 4 is 11.6 Å². The Morgan fingerprint density at radius 1 is 1.07 bits per heavy atom. The summed E-state index contributed by atoms with van der Waals surface area (Å²) in [6.45, 7) is 3.74. The highest BCUT2D eigenvalue weighted by Crippen LogP contribution is 2.35. The Morgan fingerprint density at radius 2 is 1.80 bits per heavy atom. The molecule has 1 aliphatic rings. The van der Waals surface area contributed by atoms with Crippen molar-refractivity contribution in [3.8, 4) is 11.5 Å². The molecule has 0 bridgehead atoms. The van der Waals surface area contributed by atoms with Crippen LogP contribution in [0.2, 0.25) is 0 Å². The number of methoxy groups -OCH3 is 2. The topological polar surface area (TPSA) is 72.8 Å². The molecule has 2 atom stereocenters. The number of aliphatic hydroxyl groups excluding tert-OH is 1. The van der Waals surface area contributed by atoms with Gasteiger partial charge in [-0.2, -0.15) is 0 Å². The summed E-state index contributed by atoms with van der Waals surface area (Å²) in [5.41, 5.74) is 3.64. The Kier molecular flexibility index (Phi) is 6.93. The molecule has 1 N–H and O–H groups in total. The van der Waals surface area contributed by atoms with Gasteiger partial charge < -0.3 is 14.6 Å². The van der Waals surface area contributed by atoms with Gasteiger partial charge in [0.2, 0.25) is 11.6 Å². The molecule has 1 aliphatic carbocycles. The molecule has 5 nitrogen and oxygen atoms in total. The Hall–Kier alpha value is -2.66. The third-order valence-corrected chi connectivity index (χ3v) is 6.13. The van der Waals surface area contributed by atoms with E-state index in [1.165, 1.54) is 0 Å². The maximum Gasteiger partial charge on any atom is 0.228 e. The fraction of sp³-hybridized carbons (Fsp3) is 0.440. The number of rotatable bonds is 7. The van der Waals surface area contributed by atoms with Gasteiger partial charge in [-0.1, -0.05) is 31.0 Å². The Balaban J connectivity index is 1.84. The summed E-state index contributed by atoms with van der Waals surface area (Å²) in [6.07, 6.45) is 3.33. The van der Waals surface area contributed by atoms with Crippen LogP contribution in [0.4, 0.5) is 0 Å². The zero-order valence-corrected chi connectivity index (χ0v) is 18.2. The minimum Gasteiger partial charge on any atom is -0.496 e. The summed E-state index contributed by atoms with van der Waals surface area (Å²) < 4.78 is 10.9. The number of hydrogen-bond acceptors (Lipinski definition) is 5. The van der Waals surface area contributed by atoms with Crippen LogP contribution < -0.4 is 9.47 Å². The number of Topliss-reactive ketones (excluding diaryl/α,β-unsaturated/α-hetero) is 2. The summed E-state index contributed by atoms with van der Waals surface area (Å²) in [5, 5.41) is 10.3. The van der Waals surface area contributed by atoms with Crippen LogP contribution in [0.5, 0.6) is 11.5 Å². The van der Waals surface area contributed by atoms with Gasteiger partial charge >= 0.3 is 0 Å². The number of carbonyl (C=O) groups excluding carboxylic acids is 2. The summed E-state index contributed by atoms with van der Waals surface area (Å²) in [4.78, 5) is 25.8. The van der Waals surface area contributed by atoms with E-state index in [0.29, 0.717) is 22.6 Å². The number of aliphatic hydroxyl groups is 1. The number of aryl methyl sites for hydroxylation is 1. The molecular weight excluding hydrogens is 380 g/mol. The molecule has 0 amide bonds. The number of carbonyl (C=O) groups is 2. The first-order valence-electron chi connectivity index (χ1n) is 10.4. The van der Waals surface area contributed by atoms with Crippen LogP contribution in [-0.2, 0) is 11.2 Å². The van der Waals surface area contributed by atoms with Crippen molar-refractivity contribution in [1.29, 1.82) is 0 Å². The molecule has 1 fully saturated rings. The van der Waals surface area contributed by atoms with Gasteiger partial charge in [-0.15, -0.1) is 0 Å². The molecule has 0 heterocycles. The fourth-order valence-electron chi connectivity index (χ4n) is 4.43. The molecule has 0 unspecified atom stereocenters. The Bertz CT molecular complexity index is 947. The minimum atomic E-state index is -0.517.